The summed E-state index contributed by atoms with van der Waals surface area (Å²) in [7, 11) is 1.56. The lowest BCUT2D eigenvalue weighted by molar-refractivity contribution is -0.145. The number of hydrogen-bond donors (Lipinski definition) is 2. The van der Waals surface area contributed by atoms with Gasteiger partial charge < -0.3 is 19.9 Å². The normalized spacial score (nSPS) is 12.2. The number of halogens is 2. The van der Waals surface area contributed by atoms with E-state index in [1.165, 1.54) is 0 Å². The Kier molecular flexibility index (Phi) is 7.04. The van der Waals surface area contributed by atoms with E-state index in [-0.39, 0.29) is 13.0 Å². The number of benzene rings is 1. The van der Waals surface area contributed by atoms with Crippen molar-refractivity contribution < 1.29 is 28.2 Å². The van der Waals surface area contributed by atoms with Crippen molar-refractivity contribution in [1.82, 2.24) is 5.32 Å². The number of carboxylic acids is 1. The Morgan fingerprint density at radius 3 is 2.48 bits per heavy atom. The monoisotopic (exact) mass is 303 g/mol. The van der Waals surface area contributed by atoms with Crippen molar-refractivity contribution in [3.05, 3.63) is 29.3 Å². The predicted octanol–water partition coefficient (Wildman–Crippen LogP) is 1.94. The van der Waals surface area contributed by atoms with Gasteiger partial charge in [-0.2, -0.15) is 0 Å². The van der Waals surface area contributed by atoms with Gasteiger partial charge in [0, 0.05) is 20.2 Å². The average Bonchev–Trinajstić information content (AvgIpc) is 2.42. The van der Waals surface area contributed by atoms with Crippen molar-refractivity contribution in [2.45, 2.75) is 26.0 Å². The predicted molar refractivity (Wildman–Crippen MR) is 72.3 cm³/mol. The van der Waals surface area contributed by atoms with Crippen LogP contribution in [0.4, 0.5) is 8.78 Å². The molecule has 0 fully saturated rings. The van der Waals surface area contributed by atoms with Gasteiger partial charge in [0.2, 0.25) is 0 Å². The van der Waals surface area contributed by atoms with Gasteiger partial charge in [0.15, 0.2) is 23.5 Å². The van der Waals surface area contributed by atoms with Gasteiger partial charge in [0.1, 0.15) is 0 Å². The third-order valence-corrected chi connectivity index (χ3v) is 2.78. The van der Waals surface area contributed by atoms with Crippen molar-refractivity contribution in [3.63, 3.8) is 0 Å². The van der Waals surface area contributed by atoms with Crippen LogP contribution in [0.3, 0.4) is 0 Å². The minimum Gasteiger partial charge on any atom is -0.479 e. The highest BCUT2D eigenvalue weighted by atomic mass is 19.1. The molecule has 2 N–H and O–H groups in total. The zero-order chi connectivity index (χ0) is 15.8. The Hall–Kier alpha value is -1.73. The van der Waals surface area contributed by atoms with E-state index in [1.807, 2.05) is 0 Å². The molecule has 0 aliphatic rings. The molecule has 0 amide bonds. The van der Waals surface area contributed by atoms with Crippen LogP contribution in [0.15, 0.2) is 12.1 Å². The van der Waals surface area contributed by atoms with Crippen LogP contribution < -0.4 is 10.1 Å². The van der Waals surface area contributed by atoms with E-state index in [0.29, 0.717) is 18.7 Å². The fraction of sp³-hybridized carbons (Fsp3) is 0.500. The van der Waals surface area contributed by atoms with Crippen LogP contribution in [0.25, 0.3) is 0 Å². The second-order valence-electron chi connectivity index (χ2n) is 4.41. The molecular weight excluding hydrogens is 284 g/mol. The number of aliphatic carboxylic acids is 1. The number of carbonyl (C=O) groups is 1. The molecule has 1 rings (SSSR count). The molecule has 1 aromatic carbocycles. The van der Waals surface area contributed by atoms with Crippen LogP contribution in [0.2, 0.25) is 0 Å². The van der Waals surface area contributed by atoms with Gasteiger partial charge in [-0.1, -0.05) is 6.92 Å². The fourth-order valence-corrected chi connectivity index (χ4v) is 1.68. The van der Waals surface area contributed by atoms with Crippen LogP contribution in [-0.4, -0.2) is 37.4 Å². The van der Waals surface area contributed by atoms with Crippen LogP contribution in [-0.2, 0) is 16.1 Å². The first-order chi connectivity index (χ1) is 9.99. The van der Waals surface area contributed by atoms with E-state index in [0.717, 1.165) is 12.1 Å². The van der Waals surface area contributed by atoms with Crippen molar-refractivity contribution in [3.8, 4) is 5.75 Å². The fourth-order valence-electron chi connectivity index (χ4n) is 1.68. The summed E-state index contributed by atoms with van der Waals surface area (Å²) < 4.78 is 37.4. The van der Waals surface area contributed by atoms with Crippen molar-refractivity contribution in [2.24, 2.45) is 0 Å². The largest absolute Gasteiger partial charge is 0.479 e. The van der Waals surface area contributed by atoms with Crippen LogP contribution in [0.5, 0.6) is 5.75 Å². The maximum absolute atomic E-state index is 13.8. The lowest BCUT2D eigenvalue weighted by Gasteiger charge is -2.15. The number of nitrogens with one attached hydrogen (secondary N) is 1. The standard InChI is InChI=1S/C14H19F2NO4/c1-3-12(14(18)19)21-13-10(15)6-9(7-11(13)16)8-17-4-5-20-2/h6-7,12,17H,3-5,8H2,1-2H3,(H,18,19). The number of ether oxygens (including phenoxy) is 2. The van der Waals surface area contributed by atoms with Gasteiger partial charge in [-0.25, -0.2) is 13.6 Å². The molecule has 0 saturated carbocycles. The summed E-state index contributed by atoms with van der Waals surface area (Å²) in [5, 5.41) is 11.8. The summed E-state index contributed by atoms with van der Waals surface area (Å²) in [5.41, 5.74) is 0.400. The molecule has 1 aromatic rings. The van der Waals surface area contributed by atoms with E-state index >= 15 is 0 Å². The third kappa shape index (κ3) is 5.28. The van der Waals surface area contributed by atoms with Crippen molar-refractivity contribution in [1.29, 1.82) is 0 Å². The summed E-state index contributed by atoms with van der Waals surface area (Å²) in [6.07, 6.45) is -1.17. The summed E-state index contributed by atoms with van der Waals surface area (Å²) in [4.78, 5) is 10.8. The van der Waals surface area contributed by atoms with Gasteiger partial charge in [-0.05, 0) is 24.1 Å². The SMILES string of the molecule is CCC(Oc1c(F)cc(CNCCOC)cc1F)C(=O)O. The Balaban J connectivity index is 2.77. The number of hydrogen-bond acceptors (Lipinski definition) is 4. The zero-order valence-corrected chi connectivity index (χ0v) is 12.0. The van der Waals surface area contributed by atoms with Gasteiger partial charge >= 0.3 is 5.97 Å². The number of methoxy groups -OCH3 is 1. The highest BCUT2D eigenvalue weighted by Crippen LogP contribution is 2.25. The van der Waals surface area contributed by atoms with Gasteiger partial charge in [-0.15, -0.1) is 0 Å². The molecule has 0 heterocycles. The molecule has 118 valence electrons. The van der Waals surface area contributed by atoms with Gasteiger partial charge in [0.05, 0.1) is 6.61 Å². The minimum atomic E-state index is -1.28. The second-order valence-corrected chi connectivity index (χ2v) is 4.41. The van der Waals surface area contributed by atoms with E-state index < -0.39 is 29.5 Å². The third-order valence-electron chi connectivity index (χ3n) is 2.78. The summed E-state index contributed by atoms with van der Waals surface area (Å²) in [6.45, 7) is 2.87. The lowest BCUT2D eigenvalue weighted by Crippen LogP contribution is -2.27. The first-order valence-corrected chi connectivity index (χ1v) is 6.56. The Morgan fingerprint density at radius 1 is 1.38 bits per heavy atom. The molecule has 21 heavy (non-hydrogen) atoms. The highest BCUT2D eigenvalue weighted by molar-refractivity contribution is 5.72. The van der Waals surface area contributed by atoms with Crippen LogP contribution in [0, 0.1) is 11.6 Å². The highest BCUT2D eigenvalue weighted by Gasteiger charge is 2.21. The van der Waals surface area contributed by atoms with Crippen LogP contribution in [0.1, 0.15) is 18.9 Å². The molecule has 7 heteroatoms. The first kappa shape index (κ1) is 17.3. The van der Waals surface area contributed by atoms with E-state index in [4.69, 9.17) is 14.6 Å². The minimum absolute atomic E-state index is 0.106. The Labute approximate surface area is 121 Å². The average molecular weight is 303 g/mol. The molecular formula is C14H19F2NO4. The van der Waals surface area contributed by atoms with Crippen LogP contribution >= 0.6 is 0 Å². The number of carboxylic acid groups (broad SMARTS) is 1. The molecule has 0 bridgehead atoms. The molecule has 0 aliphatic carbocycles. The molecule has 5 nitrogen and oxygen atoms in total. The molecule has 1 unspecified atom stereocenters. The second kappa shape index (κ2) is 8.53. The molecule has 0 radical (unpaired) electrons. The molecule has 0 saturated heterocycles. The van der Waals surface area contributed by atoms with Gasteiger partial charge in [0.25, 0.3) is 0 Å². The Bertz CT molecular complexity index is 459. The number of rotatable bonds is 9. The molecule has 0 spiro atoms. The maximum Gasteiger partial charge on any atom is 0.344 e. The van der Waals surface area contributed by atoms with E-state index in [9.17, 15) is 13.6 Å². The topological polar surface area (TPSA) is 67.8 Å². The zero-order valence-electron chi connectivity index (χ0n) is 12.0. The van der Waals surface area contributed by atoms with E-state index in [2.05, 4.69) is 5.32 Å². The Morgan fingerprint density at radius 2 is 2.00 bits per heavy atom. The molecule has 0 aromatic heterocycles. The molecule has 0 aliphatic heterocycles. The summed E-state index contributed by atoms with van der Waals surface area (Å²) >= 11 is 0. The quantitative estimate of drug-likeness (QED) is 0.682. The molecule has 1 atom stereocenters. The lowest BCUT2D eigenvalue weighted by atomic mass is 10.2. The first-order valence-electron chi connectivity index (χ1n) is 6.56. The smallest absolute Gasteiger partial charge is 0.344 e. The van der Waals surface area contributed by atoms with Crippen molar-refractivity contribution in [2.75, 3.05) is 20.3 Å². The summed E-state index contributed by atoms with van der Waals surface area (Å²) in [5.74, 6) is -3.76. The summed E-state index contributed by atoms with van der Waals surface area (Å²) in [6, 6.07) is 2.24. The van der Waals surface area contributed by atoms with E-state index in [1.54, 1.807) is 14.0 Å². The maximum atomic E-state index is 13.8. The van der Waals surface area contributed by atoms with Gasteiger partial charge in [-0.3, -0.25) is 0 Å². The van der Waals surface area contributed by atoms with Crippen molar-refractivity contribution >= 4 is 5.97 Å².